The molecular formula is C16H19NO4. The van der Waals surface area contributed by atoms with Crippen LogP contribution in [0.2, 0.25) is 0 Å². The highest BCUT2D eigenvalue weighted by Gasteiger charge is 2.33. The molecule has 0 aromatic heterocycles. The minimum absolute atomic E-state index is 0.334. The second-order valence-electron chi connectivity index (χ2n) is 5.75. The molecule has 5 nitrogen and oxygen atoms in total. The Morgan fingerprint density at radius 2 is 1.86 bits per heavy atom. The summed E-state index contributed by atoms with van der Waals surface area (Å²) in [7, 11) is 0. The van der Waals surface area contributed by atoms with Crippen molar-refractivity contribution in [2.24, 2.45) is 5.92 Å². The topological polar surface area (TPSA) is 87.4 Å². The van der Waals surface area contributed by atoms with Crippen LogP contribution in [-0.4, -0.2) is 22.6 Å². The Morgan fingerprint density at radius 1 is 1.29 bits per heavy atom. The summed E-state index contributed by atoms with van der Waals surface area (Å²) in [6.45, 7) is 5.12. The van der Waals surface area contributed by atoms with E-state index in [2.05, 4.69) is 0 Å². The molecule has 0 saturated carbocycles. The maximum atomic E-state index is 11.8. The molecule has 5 heteroatoms. The summed E-state index contributed by atoms with van der Waals surface area (Å²) >= 11 is 0. The van der Waals surface area contributed by atoms with Gasteiger partial charge in [-0.1, -0.05) is 30.3 Å². The van der Waals surface area contributed by atoms with Crippen molar-refractivity contribution in [3.05, 3.63) is 35.9 Å². The normalized spacial score (nSPS) is 13.8. The van der Waals surface area contributed by atoms with Gasteiger partial charge in [0.25, 0.3) is 0 Å². The summed E-state index contributed by atoms with van der Waals surface area (Å²) in [5, 5.41) is 18.6. The standard InChI is InChI=1S/C16H19NO4/c1-16(2,3)21-14(18)9-12(15(19)20)13(10-17)11-7-5-4-6-8-11/h4-8,12-13H,9H2,1-3H3,(H,19,20). The van der Waals surface area contributed by atoms with Gasteiger partial charge in [-0.25, -0.2) is 0 Å². The van der Waals surface area contributed by atoms with Crippen molar-refractivity contribution in [3.8, 4) is 6.07 Å². The monoisotopic (exact) mass is 289 g/mol. The van der Waals surface area contributed by atoms with Crippen LogP contribution >= 0.6 is 0 Å². The Kier molecular flexibility index (Phi) is 5.48. The molecule has 1 aromatic carbocycles. The van der Waals surface area contributed by atoms with Crippen LogP contribution in [0.5, 0.6) is 0 Å². The van der Waals surface area contributed by atoms with Crippen molar-refractivity contribution in [3.63, 3.8) is 0 Å². The second kappa shape index (κ2) is 6.89. The Bertz CT molecular complexity index is 540. The Balaban J connectivity index is 2.93. The number of carbonyl (C=O) groups excluding carboxylic acids is 1. The number of ether oxygens (including phenoxy) is 1. The molecule has 0 fully saturated rings. The smallest absolute Gasteiger partial charge is 0.308 e. The van der Waals surface area contributed by atoms with Gasteiger partial charge in [0.2, 0.25) is 0 Å². The number of carbonyl (C=O) groups is 2. The van der Waals surface area contributed by atoms with Crippen LogP contribution in [0.25, 0.3) is 0 Å². The number of benzene rings is 1. The highest BCUT2D eigenvalue weighted by atomic mass is 16.6. The van der Waals surface area contributed by atoms with Gasteiger partial charge < -0.3 is 9.84 Å². The molecule has 1 rings (SSSR count). The summed E-state index contributed by atoms with van der Waals surface area (Å²) in [5.74, 6) is -3.83. The molecule has 2 unspecified atom stereocenters. The highest BCUT2D eigenvalue weighted by molar-refractivity contribution is 5.80. The van der Waals surface area contributed by atoms with Gasteiger partial charge >= 0.3 is 11.9 Å². The van der Waals surface area contributed by atoms with Crippen LogP contribution in [0.1, 0.15) is 38.7 Å². The minimum atomic E-state index is -1.18. The van der Waals surface area contributed by atoms with E-state index in [1.165, 1.54) is 0 Å². The van der Waals surface area contributed by atoms with E-state index in [-0.39, 0.29) is 6.42 Å². The van der Waals surface area contributed by atoms with Gasteiger partial charge in [0, 0.05) is 0 Å². The lowest BCUT2D eigenvalue weighted by molar-refractivity contribution is -0.160. The largest absolute Gasteiger partial charge is 0.481 e. The number of hydrogen-bond donors (Lipinski definition) is 1. The number of aliphatic carboxylic acids is 1. The van der Waals surface area contributed by atoms with Crippen molar-refractivity contribution in [2.45, 2.75) is 38.7 Å². The third kappa shape index (κ3) is 5.27. The molecule has 2 atom stereocenters. The first kappa shape index (κ1) is 16.7. The summed E-state index contributed by atoms with van der Waals surface area (Å²) < 4.78 is 5.14. The van der Waals surface area contributed by atoms with Crippen molar-refractivity contribution < 1.29 is 19.4 Å². The summed E-state index contributed by atoms with van der Waals surface area (Å²) in [4.78, 5) is 23.2. The van der Waals surface area contributed by atoms with E-state index in [1.54, 1.807) is 51.1 Å². The van der Waals surface area contributed by atoms with Gasteiger partial charge in [-0.15, -0.1) is 0 Å². The van der Waals surface area contributed by atoms with Crippen LogP contribution in [0.15, 0.2) is 30.3 Å². The van der Waals surface area contributed by atoms with Crippen molar-refractivity contribution in [2.75, 3.05) is 0 Å². The van der Waals surface area contributed by atoms with Gasteiger partial charge in [0.15, 0.2) is 0 Å². The zero-order valence-electron chi connectivity index (χ0n) is 12.4. The lowest BCUT2D eigenvalue weighted by Gasteiger charge is -2.22. The molecule has 0 spiro atoms. The number of rotatable bonds is 5. The Morgan fingerprint density at radius 3 is 2.29 bits per heavy atom. The third-order valence-electron chi connectivity index (χ3n) is 2.82. The average molecular weight is 289 g/mol. The van der Waals surface area contributed by atoms with Crippen LogP contribution in [0.3, 0.4) is 0 Å². The van der Waals surface area contributed by atoms with Crippen molar-refractivity contribution in [1.29, 1.82) is 5.26 Å². The summed E-state index contributed by atoms with van der Waals surface area (Å²) in [6, 6.07) is 10.6. The number of nitriles is 1. The van der Waals surface area contributed by atoms with Crippen molar-refractivity contribution in [1.82, 2.24) is 0 Å². The van der Waals surface area contributed by atoms with Crippen LogP contribution in [0, 0.1) is 17.2 Å². The molecule has 0 radical (unpaired) electrons. The molecule has 0 saturated heterocycles. The van der Waals surface area contributed by atoms with Crippen LogP contribution in [-0.2, 0) is 14.3 Å². The fraction of sp³-hybridized carbons (Fsp3) is 0.438. The first-order chi connectivity index (χ1) is 9.74. The minimum Gasteiger partial charge on any atom is -0.481 e. The quantitative estimate of drug-likeness (QED) is 0.842. The SMILES string of the molecule is CC(C)(C)OC(=O)CC(C(=O)O)C(C#N)c1ccccc1. The zero-order valence-corrected chi connectivity index (χ0v) is 12.4. The molecule has 0 aliphatic heterocycles. The van der Waals surface area contributed by atoms with E-state index in [0.717, 1.165) is 0 Å². The Labute approximate surface area is 124 Å². The molecule has 21 heavy (non-hydrogen) atoms. The van der Waals surface area contributed by atoms with Gasteiger partial charge in [-0.05, 0) is 26.3 Å². The first-order valence-corrected chi connectivity index (χ1v) is 6.64. The molecular weight excluding hydrogens is 270 g/mol. The van der Waals surface area contributed by atoms with E-state index in [9.17, 15) is 20.0 Å². The molecule has 0 bridgehead atoms. The fourth-order valence-corrected chi connectivity index (χ4v) is 1.97. The Hall–Kier alpha value is -2.35. The third-order valence-corrected chi connectivity index (χ3v) is 2.82. The molecule has 0 aliphatic rings. The van der Waals surface area contributed by atoms with E-state index in [1.807, 2.05) is 6.07 Å². The zero-order chi connectivity index (χ0) is 16.0. The molecule has 0 aliphatic carbocycles. The predicted molar refractivity (Wildman–Crippen MR) is 76.4 cm³/mol. The highest BCUT2D eigenvalue weighted by Crippen LogP contribution is 2.28. The van der Waals surface area contributed by atoms with Gasteiger partial charge in [-0.3, -0.25) is 9.59 Å². The molecule has 0 heterocycles. The molecule has 1 N–H and O–H groups in total. The molecule has 0 amide bonds. The predicted octanol–water partition coefficient (Wildman–Crippen LogP) is 2.73. The van der Waals surface area contributed by atoms with Crippen LogP contribution < -0.4 is 0 Å². The lowest BCUT2D eigenvalue weighted by atomic mass is 9.85. The number of carboxylic acids is 1. The average Bonchev–Trinajstić information content (AvgIpc) is 2.37. The van der Waals surface area contributed by atoms with Gasteiger partial charge in [0.1, 0.15) is 5.60 Å². The molecule has 1 aromatic rings. The van der Waals surface area contributed by atoms with E-state index >= 15 is 0 Å². The van der Waals surface area contributed by atoms with Crippen molar-refractivity contribution >= 4 is 11.9 Å². The molecule has 112 valence electrons. The first-order valence-electron chi connectivity index (χ1n) is 6.64. The number of carboxylic acid groups (broad SMARTS) is 1. The van der Waals surface area contributed by atoms with Gasteiger partial charge in [-0.2, -0.15) is 5.26 Å². The summed E-state index contributed by atoms with van der Waals surface area (Å²) in [6.07, 6.45) is -0.334. The maximum Gasteiger partial charge on any atom is 0.308 e. The fourth-order valence-electron chi connectivity index (χ4n) is 1.97. The van der Waals surface area contributed by atoms with Crippen LogP contribution in [0.4, 0.5) is 0 Å². The lowest BCUT2D eigenvalue weighted by Crippen LogP contribution is -2.29. The van der Waals surface area contributed by atoms with E-state index in [4.69, 9.17) is 4.74 Å². The second-order valence-corrected chi connectivity index (χ2v) is 5.75. The van der Waals surface area contributed by atoms with E-state index in [0.29, 0.717) is 5.56 Å². The van der Waals surface area contributed by atoms with Gasteiger partial charge in [0.05, 0.1) is 24.3 Å². The maximum absolute atomic E-state index is 11.8. The van der Waals surface area contributed by atoms with E-state index < -0.39 is 29.4 Å². The number of esters is 1. The number of nitrogens with zero attached hydrogens (tertiary/aromatic N) is 1. The number of hydrogen-bond acceptors (Lipinski definition) is 4. The summed E-state index contributed by atoms with van der Waals surface area (Å²) in [5.41, 5.74) is -0.106.